The molecule has 0 radical (unpaired) electrons. The first-order valence-electron chi connectivity index (χ1n) is 9.01. The van der Waals surface area contributed by atoms with Gasteiger partial charge in [0, 0.05) is 24.3 Å². The molecule has 0 amide bonds. The molecular formula is C20H16F4N4OS. The molecule has 1 aliphatic heterocycles. The Hall–Kier alpha value is -3.14. The molecule has 1 aliphatic rings. The van der Waals surface area contributed by atoms with Gasteiger partial charge < -0.3 is 19.9 Å². The molecule has 1 aromatic heterocycles. The van der Waals surface area contributed by atoms with Crippen molar-refractivity contribution < 1.29 is 22.3 Å². The highest BCUT2D eigenvalue weighted by atomic mass is 32.1. The number of ether oxygens (including phenoxy) is 1. The van der Waals surface area contributed by atoms with Crippen molar-refractivity contribution in [2.75, 3.05) is 11.9 Å². The molecule has 0 saturated carbocycles. The van der Waals surface area contributed by atoms with E-state index in [4.69, 9.17) is 12.2 Å². The number of fused-ring (bicyclic) bond motifs is 1. The summed E-state index contributed by atoms with van der Waals surface area (Å²) in [5, 5.41) is 3.42. The number of rotatable bonds is 3. The minimum atomic E-state index is -4.75. The monoisotopic (exact) mass is 436 g/mol. The third-order valence-electron chi connectivity index (χ3n) is 4.71. The van der Waals surface area contributed by atoms with E-state index in [1.807, 2.05) is 4.90 Å². The molecule has 4 rings (SSSR count). The summed E-state index contributed by atoms with van der Waals surface area (Å²) in [5.41, 5.74) is 3.12. The summed E-state index contributed by atoms with van der Waals surface area (Å²) in [7, 11) is 0. The Morgan fingerprint density at radius 3 is 2.50 bits per heavy atom. The average molecular weight is 436 g/mol. The van der Waals surface area contributed by atoms with Crippen LogP contribution in [-0.2, 0) is 6.42 Å². The molecule has 0 saturated heterocycles. The molecule has 2 N–H and O–H groups in total. The molecular weight excluding hydrogens is 420 g/mol. The van der Waals surface area contributed by atoms with Gasteiger partial charge in [-0.2, -0.15) is 0 Å². The van der Waals surface area contributed by atoms with Crippen LogP contribution >= 0.6 is 12.2 Å². The van der Waals surface area contributed by atoms with E-state index in [1.165, 1.54) is 36.4 Å². The van der Waals surface area contributed by atoms with Gasteiger partial charge in [-0.05, 0) is 54.2 Å². The number of nitrogens with zero attached hydrogens (tertiary/aromatic N) is 2. The highest BCUT2D eigenvalue weighted by Crippen LogP contribution is 2.34. The van der Waals surface area contributed by atoms with E-state index in [0.717, 1.165) is 17.0 Å². The Morgan fingerprint density at radius 2 is 1.83 bits per heavy atom. The lowest BCUT2D eigenvalue weighted by Gasteiger charge is -2.37. The lowest BCUT2D eigenvalue weighted by Crippen LogP contribution is -2.43. The fourth-order valence-electron chi connectivity index (χ4n) is 3.41. The number of alkyl halides is 3. The number of hydrogen-bond donors (Lipinski definition) is 2. The van der Waals surface area contributed by atoms with Gasteiger partial charge in [-0.15, -0.1) is 13.2 Å². The van der Waals surface area contributed by atoms with Crippen molar-refractivity contribution in [3.8, 4) is 5.75 Å². The fourth-order valence-corrected chi connectivity index (χ4v) is 3.73. The molecule has 5 nitrogen and oxygen atoms in total. The van der Waals surface area contributed by atoms with Crippen LogP contribution in [0.15, 0.2) is 54.9 Å². The number of aromatic amines is 1. The molecule has 1 atom stereocenters. The highest BCUT2D eigenvalue weighted by Gasteiger charge is 2.33. The lowest BCUT2D eigenvalue weighted by atomic mass is 9.96. The lowest BCUT2D eigenvalue weighted by molar-refractivity contribution is -0.274. The standard InChI is InChI=1S/C20H16F4N4OS/c21-13-3-1-12(2-4-13)18-17-16(25-11-26-17)9-10-28(18)19(30)27-14-5-7-15(8-6-14)29-20(22,23)24/h1-8,11,18H,9-10H2,(H,25,26)(H,27,30)/t18-/m0/s1. The van der Waals surface area contributed by atoms with Crippen molar-refractivity contribution in [1.29, 1.82) is 0 Å². The van der Waals surface area contributed by atoms with Gasteiger partial charge >= 0.3 is 6.36 Å². The number of H-pyrrole nitrogens is 1. The second kappa shape index (κ2) is 7.94. The number of halogens is 4. The van der Waals surface area contributed by atoms with Crippen molar-refractivity contribution in [2.24, 2.45) is 0 Å². The predicted molar refractivity (Wildman–Crippen MR) is 107 cm³/mol. The van der Waals surface area contributed by atoms with Gasteiger partial charge in [0.15, 0.2) is 5.11 Å². The molecule has 0 fully saturated rings. The van der Waals surface area contributed by atoms with Crippen LogP contribution < -0.4 is 10.1 Å². The van der Waals surface area contributed by atoms with E-state index >= 15 is 0 Å². The second-order valence-corrected chi connectivity index (χ2v) is 7.05. The van der Waals surface area contributed by atoms with E-state index in [1.54, 1.807) is 18.5 Å². The van der Waals surface area contributed by atoms with Crippen molar-refractivity contribution >= 4 is 23.0 Å². The van der Waals surface area contributed by atoms with Crippen LogP contribution in [0, 0.1) is 5.82 Å². The topological polar surface area (TPSA) is 53.2 Å². The summed E-state index contributed by atoms with van der Waals surface area (Å²) >= 11 is 5.57. The zero-order chi connectivity index (χ0) is 21.3. The molecule has 0 bridgehead atoms. The van der Waals surface area contributed by atoms with E-state index in [0.29, 0.717) is 23.8 Å². The van der Waals surface area contributed by atoms with Gasteiger partial charge in [-0.1, -0.05) is 12.1 Å². The van der Waals surface area contributed by atoms with Crippen LogP contribution in [0.2, 0.25) is 0 Å². The first-order chi connectivity index (χ1) is 14.3. The molecule has 2 heterocycles. The fraction of sp³-hybridized carbons (Fsp3) is 0.200. The Balaban J connectivity index is 1.55. The highest BCUT2D eigenvalue weighted by molar-refractivity contribution is 7.80. The predicted octanol–water partition coefficient (Wildman–Crippen LogP) is 4.79. The van der Waals surface area contributed by atoms with Crippen LogP contribution in [0.4, 0.5) is 23.2 Å². The SMILES string of the molecule is Fc1ccc([C@H]2c3nc[nH]c3CCN2C(=S)Nc2ccc(OC(F)(F)F)cc2)cc1. The van der Waals surface area contributed by atoms with E-state index in [9.17, 15) is 17.6 Å². The molecule has 10 heteroatoms. The number of imidazole rings is 1. The summed E-state index contributed by atoms with van der Waals surface area (Å²) in [6.45, 7) is 0.582. The number of hydrogen-bond acceptors (Lipinski definition) is 3. The number of nitrogens with one attached hydrogen (secondary N) is 2. The molecule has 3 aromatic rings. The van der Waals surface area contributed by atoms with Crippen molar-refractivity contribution in [2.45, 2.75) is 18.8 Å². The Morgan fingerprint density at radius 1 is 1.13 bits per heavy atom. The third kappa shape index (κ3) is 4.38. The first kappa shape index (κ1) is 20.1. The second-order valence-electron chi connectivity index (χ2n) is 6.67. The summed E-state index contributed by atoms with van der Waals surface area (Å²) in [5.74, 6) is -0.660. The smallest absolute Gasteiger partial charge is 0.406 e. The van der Waals surface area contributed by atoms with Crippen LogP contribution in [0.25, 0.3) is 0 Å². The summed E-state index contributed by atoms with van der Waals surface area (Å²) in [4.78, 5) is 9.46. The Labute approximate surface area is 174 Å². The molecule has 0 aliphatic carbocycles. The minimum absolute atomic E-state index is 0.317. The van der Waals surface area contributed by atoms with Gasteiger partial charge in [-0.3, -0.25) is 0 Å². The average Bonchev–Trinajstić information content (AvgIpc) is 3.17. The van der Waals surface area contributed by atoms with Crippen LogP contribution in [0.5, 0.6) is 5.75 Å². The quantitative estimate of drug-likeness (QED) is 0.457. The number of aromatic nitrogens is 2. The molecule has 0 unspecified atom stereocenters. The van der Waals surface area contributed by atoms with Gasteiger partial charge in [0.1, 0.15) is 17.6 Å². The van der Waals surface area contributed by atoms with E-state index in [2.05, 4.69) is 20.0 Å². The molecule has 2 aromatic carbocycles. The van der Waals surface area contributed by atoms with Gasteiger partial charge in [0.2, 0.25) is 0 Å². The maximum atomic E-state index is 13.4. The number of anilines is 1. The summed E-state index contributed by atoms with van der Waals surface area (Å²) in [6, 6.07) is 11.1. The Kier molecular flexibility index (Phi) is 5.33. The molecule has 156 valence electrons. The van der Waals surface area contributed by atoms with Crippen LogP contribution in [-0.4, -0.2) is 32.9 Å². The van der Waals surface area contributed by atoms with Crippen molar-refractivity contribution in [1.82, 2.24) is 14.9 Å². The van der Waals surface area contributed by atoms with Crippen LogP contribution in [0.3, 0.4) is 0 Å². The van der Waals surface area contributed by atoms with E-state index < -0.39 is 6.36 Å². The van der Waals surface area contributed by atoms with Gasteiger partial charge in [0.05, 0.1) is 12.0 Å². The van der Waals surface area contributed by atoms with Crippen molar-refractivity contribution in [3.63, 3.8) is 0 Å². The van der Waals surface area contributed by atoms with Gasteiger partial charge in [0.25, 0.3) is 0 Å². The first-order valence-corrected chi connectivity index (χ1v) is 9.42. The minimum Gasteiger partial charge on any atom is -0.406 e. The van der Waals surface area contributed by atoms with Crippen molar-refractivity contribution in [3.05, 3.63) is 77.6 Å². The zero-order valence-corrected chi connectivity index (χ0v) is 16.2. The Bertz CT molecular complexity index is 1030. The van der Waals surface area contributed by atoms with E-state index in [-0.39, 0.29) is 17.6 Å². The molecule has 0 spiro atoms. The zero-order valence-electron chi connectivity index (χ0n) is 15.4. The largest absolute Gasteiger partial charge is 0.573 e. The maximum absolute atomic E-state index is 13.4. The maximum Gasteiger partial charge on any atom is 0.573 e. The van der Waals surface area contributed by atoms with Crippen LogP contribution in [0.1, 0.15) is 23.0 Å². The van der Waals surface area contributed by atoms with Gasteiger partial charge in [-0.25, -0.2) is 9.37 Å². The summed E-state index contributed by atoms with van der Waals surface area (Å²) in [6.07, 6.45) is -2.45. The summed E-state index contributed by atoms with van der Waals surface area (Å²) < 4.78 is 54.3. The third-order valence-corrected chi connectivity index (χ3v) is 5.05. The number of benzene rings is 2. The normalized spacial score (nSPS) is 16.1. The molecule has 30 heavy (non-hydrogen) atoms. The number of thiocarbonyl (C=S) groups is 1.